The minimum absolute atomic E-state index is 0. The maximum absolute atomic E-state index is 10.7. The van der Waals surface area contributed by atoms with Crippen LogP contribution in [0.15, 0.2) is 39.5 Å². The van der Waals surface area contributed by atoms with E-state index >= 15 is 0 Å². The molecule has 0 fully saturated rings. The molecule has 0 bridgehead atoms. The third-order valence-corrected chi connectivity index (χ3v) is 2.99. The summed E-state index contributed by atoms with van der Waals surface area (Å²) in [6.45, 7) is 5.39. The Hall–Kier alpha value is -0.470. The van der Waals surface area contributed by atoms with E-state index in [4.69, 9.17) is 0 Å². The zero-order valence-corrected chi connectivity index (χ0v) is 13.5. The predicted molar refractivity (Wildman–Crippen MR) is 61.8 cm³/mol. The molecule has 0 aromatic heterocycles. The average molecular weight is 279 g/mol. The summed E-state index contributed by atoms with van der Waals surface area (Å²) in [5, 5.41) is 9.63. The summed E-state index contributed by atoms with van der Waals surface area (Å²) in [5.41, 5.74) is 0.504. The van der Waals surface area contributed by atoms with Crippen LogP contribution in [0.4, 0.5) is 5.69 Å². The first-order valence-corrected chi connectivity index (χ1v) is 6.60. The Morgan fingerprint density at radius 3 is 2.06 bits per heavy atom. The minimum Gasteiger partial charge on any atom is -0.744 e. The van der Waals surface area contributed by atoms with E-state index in [-0.39, 0.29) is 34.5 Å². The third-order valence-electron chi connectivity index (χ3n) is 2.14. The van der Waals surface area contributed by atoms with Crippen molar-refractivity contribution in [1.29, 1.82) is 0 Å². The Morgan fingerprint density at radius 1 is 1.17 bits per heavy atom. The summed E-state index contributed by atoms with van der Waals surface area (Å²) >= 11 is 0. The van der Waals surface area contributed by atoms with Crippen LogP contribution in [0.5, 0.6) is 0 Å². The Labute approximate surface area is 129 Å². The first kappa shape index (κ1) is 17.5. The molecule has 1 aromatic rings. The van der Waals surface area contributed by atoms with Gasteiger partial charge >= 0.3 is 29.6 Å². The van der Waals surface area contributed by atoms with E-state index in [1.54, 1.807) is 5.01 Å². The molecule has 0 heterocycles. The molecule has 0 saturated carbocycles. The van der Waals surface area contributed by atoms with Crippen molar-refractivity contribution in [1.82, 2.24) is 5.01 Å². The molecule has 0 saturated heterocycles. The zero-order valence-electron chi connectivity index (χ0n) is 10.7. The summed E-state index contributed by atoms with van der Waals surface area (Å²) in [7, 11) is -4.39. The molecule has 0 aliphatic heterocycles. The summed E-state index contributed by atoms with van der Waals surface area (Å²) < 4.78 is 32.1. The number of rotatable bonds is 5. The van der Waals surface area contributed by atoms with E-state index in [0.717, 1.165) is 13.1 Å². The van der Waals surface area contributed by atoms with Crippen LogP contribution in [0, 0.1) is 0 Å². The fourth-order valence-corrected chi connectivity index (χ4v) is 1.61. The minimum atomic E-state index is -4.39. The first-order chi connectivity index (χ1) is 7.97. The Balaban J connectivity index is 0.00000289. The molecular formula is C10H14N3NaO3S. The van der Waals surface area contributed by atoms with Crippen LogP contribution in [-0.2, 0) is 10.1 Å². The number of hydrogen-bond acceptors (Lipinski definition) is 5. The fraction of sp³-hybridized carbons (Fsp3) is 0.400. The molecule has 0 aliphatic carbocycles. The molecule has 0 atom stereocenters. The molecule has 0 amide bonds. The van der Waals surface area contributed by atoms with Gasteiger partial charge in [-0.15, -0.1) is 5.11 Å². The Morgan fingerprint density at radius 2 is 1.67 bits per heavy atom. The summed E-state index contributed by atoms with van der Waals surface area (Å²) in [4.78, 5) is -0.265. The second kappa shape index (κ2) is 7.85. The Bertz CT molecular complexity index is 484. The number of hydrogen-bond donors (Lipinski definition) is 0. The largest absolute Gasteiger partial charge is 1.00 e. The molecule has 0 unspecified atom stereocenters. The van der Waals surface area contributed by atoms with Gasteiger partial charge in [-0.3, -0.25) is 5.01 Å². The van der Waals surface area contributed by atoms with Crippen LogP contribution in [0.1, 0.15) is 13.8 Å². The van der Waals surface area contributed by atoms with E-state index in [1.807, 2.05) is 13.8 Å². The van der Waals surface area contributed by atoms with E-state index in [0.29, 0.717) is 5.69 Å². The standard InChI is InChI=1S/C10H15N3O3S.Na/c1-3-13(4-2)12-11-9-5-7-10(8-6-9)17(14,15)16;/h5-8H,3-4H2,1-2H3,(H,14,15,16);/q;+1/p-1. The summed E-state index contributed by atoms with van der Waals surface area (Å²) in [5.74, 6) is 0. The molecule has 0 radical (unpaired) electrons. The second-order valence-electron chi connectivity index (χ2n) is 3.28. The van der Waals surface area contributed by atoms with Crippen molar-refractivity contribution in [2.75, 3.05) is 13.1 Å². The van der Waals surface area contributed by atoms with Gasteiger partial charge in [-0.2, -0.15) is 0 Å². The molecule has 1 aromatic carbocycles. The van der Waals surface area contributed by atoms with Gasteiger partial charge in [-0.1, -0.05) is 5.22 Å². The first-order valence-electron chi connectivity index (χ1n) is 5.20. The van der Waals surface area contributed by atoms with Crippen molar-refractivity contribution in [3.8, 4) is 0 Å². The molecule has 6 nitrogen and oxygen atoms in total. The van der Waals surface area contributed by atoms with Crippen molar-refractivity contribution < 1.29 is 42.5 Å². The van der Waals surface area contributed by atoms with Crippen LogP contribution in [0.2, 0.25) is 0 Å². The van der Waals surface area contributed by atoms with Gasteiger partial charge in [0.15, 0.2) is 0 Å². The van der Waals surface area contributed by atoms with Crippen molar-refractivity contribution in [2.24, 2.45) is 10.3 Å². The predicted octanol–water partition coefficient (Wildman–Crippen LogP) is -1.06. The van der Waals surface area contributed by atoms with Gasteiger partial charge in [0, 0.05) is 13.1 Å². The monoisotopic (exact) mass is 279 g/mol. The quantitative estimate of drug-likeness (QED) is 0.297. The van der Waals surface area contributed by atoms with Crippen LogP contribution >= 0.6 is 0 Å². The van der Waals surface area contributed by atoms with Gasteiger partial charge in [0.1, 0.15) is 10.1 Å². The maximum atomic E-state index is 10.7. The zero-order chi connectivity index (χ0) is 12.9. The van der Waals surface area contributed by atoms with Crippen molar-refractivity contribution in [3.63, 3.8) is 0 Å². The maximum Gasteiger partial charge on any atom is 1.00 e. The fourth-order valence-electron chi connectivity index (χ4n) is 1.14. The summed E-state index contributed by atoms with van der Waals surface area (Å²) in [6, 6.07) is 5.33. The number of benzene rings is 1. The molecule has 8 heteroatoms. The van der Waals surface area contributed by atoms with Crippen LogP contribution in [-0.4, -0.2) is 31.1 Å². The molecule has 94 valence electrons. The van der Waals surface area contributed by atoms with Crippen LogP contribution < -0.4 is 29.6 Å². The van der Waals surface area contributed by atoms with Gasteiger partial charge in [0.05, 0.1) is 10.6 Å². The van der Waals surface area contributed by atoms with Crippen LogP contribution in [0.3, 0.4) is 0 Å². The van der Waals surface area contributed by atoms with Crippen molar-refractivity contribution >= 4 is 15.8 Å². The molecule has 0 N–H and O–H groups in total. The topological polar surface area (TPSA) is 85.2 Å². The molecule has 0 aliphatic rings. The van der Waals surface area contributed by atoms with E-state index in [9.17, 15) is 13.0 Å². The van der Waals surface area contributed by atoms with Gasteiger partial charge < -0.3 is 4.55 Å². The average Bonchev–Trinajstić information content (AvgIpc) is 2.30. The van der Waals surface area contributed by atoms with Crippen molar-refractivity contribution in [3.05, 3.63) is 24.3 Å². The van der Waals surface area contributed by atoms with Crippen molar-refractivity contribution in [2.45, 2.75) is 18.7 Å². The van der Waals surface area contributed by atoms with Gasteiger partial charge in [-0.25, -0.2) is 8.42 Å². The smallest absolute Gasteiger partial charge is 0.744 e. The van der Waals surface area contributed by atoms with E-state index < -0.39 is 10.1 Å². The third kappa shape index (κ3) is 5.45. The summed E-state index contributed by atoms with van der Waals surface area (Å²) in [6.07, 6.45) is 0. The van der Waals surface area contributed by atoms with Gasteiger partial charge in [0.2, 0.25) is 0 Å². The Kier molecular flexibility index (Phi) is 7.65. The van der Waals surface area contributed by atoms with E-state index in [2.05, 4.69) is 10.3 Å². The van der Waals surface area contributed by atoms with Gasteiger partial charge in [0.25, 0.3) is 0 Å². The van der Waals surface area contributed by atoms with E-state index in [1.165, 1.54) is 24.3 Å². The second-order valence-corrected chi connectivity index (χ2v) is 4.66. The van der Waals surface area contributed by atoms with Crippen LogP contribution in [0.25, 0.3) is 0 Å². The molecule has 1 rings (SSSR count). The number of nitrogens with zero attached hydrogens (tertiary/aromatic N) is 3. The normalized spacial score (nSPS) is 11.3. The molecule has 18 heavy (non-hydrogen) atoms. The molecular weight excluding hydrogens is 265 g/mol. The SMILES string of the molecule is CCN(CC)N=Nc1ccc(S(=O)(=O)[O-])cc1.[Na+]. The molecule has 0 spiro atoms. The van der Waals surface area contributed by atoms with Gasteiger partial charge in [-0.05, 0) is 38.1 Å².